The van der Waals surface area contributed by atoms with E-state index < -0.39 is 0 Å². The first-order chi connectivity index (χ1) is 30.0. The van der Waals surface area contributed by atoms with Gasteiger partial charge in [0.15, 0.2) is 5.82 Å². The maximum absolute atomic E-state index is 5.25. The minimum Gasteiger partial charge on any atom is -0.228 e. The molecule has 2 heteroatoms. The molecule has 1 aromatic heterocycles. The van der Waals surface area contributed by atoms with Gasteiger partial charge in [-0.25, -0.2) is 9.97 Å². The van der Waals surface area contributed by atoms with Crippen LogP contribution >= 0.6 is 0 Å². The lowest BCUT2D eigenvalue weighted by atomic mass is 9.80. The second kappa shape index (κ2) is 14.9. The molecular formula is C59H42N2. The zero-order valence-electron chi connectivity index (χ0n) is 34.2. The molecule has 61 heavy (non-hydrogen) atoms. The first-order valence-corrected chi connectivity index (χ1v) is 21.1. The molecule has 288 valence electrons. The van der Waals surface area contributed by atoms with Crippen molar-refractivity contribution in [1.29, 1.82) is 0 Å². The molecule has 1 heterocycles. The number of nitrogens with zero attached hydrogens (tertiary/aromatic N) is 2. The minimum atomic E-state index is -0.120. The Bertz CT molecular complexity index is 3270. The van der Waals surface area contributed by atoms with Gasteiger partial charge < -0.3 is 0 Å². The molecule has 0 aliphatic heterocycles. The fraction of sp³-hybridized carbons (Fsp3) is 0.0508. The Kier molecular flexibility index (Phi) is 8.86. The number of fused-ring (bicyclic) bond motifs is 4. The molecule has 2 nitrogen and oxygen atoms in total. The smallest absolute Gasteiger partial charge is 0.160 e. The molecule has 0 saturated heterocycles. The van der Waals surface area contributed by atoms with E-state index >= 15 is 0 Å². The summed E-state index contributed by atoms with van der Waals surface area (Å²) in [6, 6.07) is 78.7. The lowest BCUT2D eigenvalue weighted by molar-refractivity contribution is 0.660. The first kappa shape index (κ1) is 36.4. The van der Waals surface area contributed by atoms with E-state index in [0.29, 0.717) is 5.82 Å². The molecule has 0 bridgehead atoms. The van der Waals surface area contributed by atoms with E-state index in [1.165, 1.54) is 60.8 Å². The molecule has 0 N–H and O–H groups in total. The number of hydrogen-bond donors (Lipinski definition) is 0. The maximum Gasteiger partial charge on any atom is 0.160 e. The van der Waals surface area contributed by atoms with Gasteiger partial charge in [0.2, 0.25) is 0 Å². The summed E-state index contributed by atoms with van der Waals surface area (Å²) < 4.78 is 0. The predicted molar refractivity (Wildman–Crippen MR) is 255 cm³/mol. The van der Waals surface area contributed by atoms with E-state index in [1.54, 1.807) is 0 Å². The molecule has 1 aliphatic carbocycles. The first-order valence-electron chi connectivity index (χ1n) is 21.1. The summed E-state index contributed by atoms with van der Waals surface area (Å²) in [5, 5.41) is 2.48. The summed E-state index contributed by atoms with van der Waals surface area (Å²) in [7, 11) is 0. The Morgan fingerprint density at radius 3 is 1.54 bits per heavy atom. The van der Waals surface area contributed by atoms with E-state index in [0.717, 1.165) is 44.8 Å². The normalized spacial score (nSPS) is 12.6. The molecule has 0 amide bonds. The SMILES string of the molecule is CC1(C)c2ccccc2-c2cc(-c3ccc4ccccc4c3)c(-c3cccc(-c4cccc(-c5nc(-c6ccccc6)cc(-c6cccc(-c7ccccc7)c6)n5)c4)c3)cc21. The summed E-state index contributed by atoms with van der Waals surface area (Å²) in [4.78, 5) is 10.5. The largest absolute Gasteiger partial charge is 0.228 e. The van der Waals surface area contributed by atoms with Gasteiger partial charge in [-0.15, -0.1) is 0 Å². The third-order valence-corrected chi connectivity index (χ3v) is 12.5. The minimum absolute atomic E-state index is 0.120. The highest BCUT2D eigenvalue weighted by molar-refractivity contribution is 5.96. The second-order valence-electron chi connectivity index (χ2n) is 16.6. The number of benzene rings is 9. The van der Waals surface area contributed by atoms with Crippen LogP contribution in [0.5, 0.6) is 0 Å². The molecule has 11 rings (SSSR count). The van der Waals surface area contributed by atoms with Crippen LogP contribution in [0, 0.1) is 0 Å². The van der Waals surface area contributed by atoms with Crippen LogP contribution in [0.3, 0.4) is 0 Å². The van der Waals surface area contributed by atoms with Gasteiger partial charge in [0.05, 0.1) is 11.4 Å². The number of aromatic nitrogens is 2. The van der Waals surface area contributed by atoms with Crippen molar-refractivity contribution in [1.82, 2.24) is 9.97 Å². The van der Waals surface area contributed by atoms with Crippen LogP contribution in [0.2, 0.25) is 0 Å². The van der Waals surface area contributed by atoms with Gasteiger partial charge in [-0.2, -0.15) is 0 Å². The molecule has 0 unspecified atom stereocenters. The van der Waals surface area contributed by atoms with Crippen LogP contribution in [-0.4, -0.2) is 9.97 Å². The van der Waals surface area contributed by atoms with Crippen molar-refractivity contribution in [2.45, 2.75) is 19.3 Å². The lowest BCUT2D eigenvalue weighted by Gasteiger charge is -2.23. The topological polar surface area (TPSA) is 25.8 Å². The number of hydrogen-bond acceptors (Lipinski definition) is 2. The zero-order valence-corrected chi connectivity index (χ0v) is 34.2. The third kappa shape index (κ3) is 6.63. The molecule has 0 atom stereocenters. The predicted octanol–water partition coefficient (Wildman–Crippen LogP) is 15.6. The summed E-state index contributed by atoms with van der Waals surface area (Å²) in [6.45, 7) is 4.72. The molecular weight excluding hydrogens is 737 g/mol. The Hall–Kier alpha value is -7.68. The van der Waals surface area contributed by atoms with Gasteiger partial charge in [-0.3, -0.25) is 0 Å². The van der Waals surface area contributed by atoms with Crippen molar-refractivity contribution < 1.29 is 0 Å². The highest BCUT2D eigenvalue weighted by atomic mass is 14.9. The standard InChI is InChI=1S/C59H42N2/c1-59(2)54-29-12-11-28-50(54)53-36-51(47-31-30-40-18-9-10-21-42(40)32-47)52(37-55(53)59)46-25-13-23-44(33-46)45-24-15-27-49(35-45)58-60-56(41-19-7-4-8-20-41)38-57(61-58)48-26-14-22-43(34-48)39-16-5-3-6-17-39/h3-38H,1-2H3. The maximum atomic E-state index is 5.25. The highest BCUT2D eigenvalue weighted by Crippen LogP contribution is 2.52. The van der Waals surface area contributed by atoms with Crippen LogP contribution in [-0.2, 0) is 5.41 Å². The van der Waals surface area contributed by atoms with Crippen molar-refractivity contribution in [3.05, 3.63) is 230 Å². The van der Waals surface area contributed by atoms with Crippen LogP contribution in [0.15, 0.2) is 218 Å². The van der Waals surface area contributed by atoms with Crippen LogP contribution in [0.25, 0.3) is 100 Å². The average Bonchev–Trinajstić information content (AvgIpc) is 3.56. The van der Waals surface area contributed by atoms with Gasteiger partial charge in [0, 0.05) is 22.1 Å². The fourth-order valence-electron chi connectivity index (χ4n) is 9.26. The summed E-state index contributed by atoms with van der Waals surface area (Å²) in [5.74, 6) is 0.693. The van der Waals surface area contributed by atoms with E-state index in [2.05, 4.69) is 226 Å². The Labute approximate surface area is 357 Å². The lowest BCUT2D eigenvalue weighted by Crippen LogP contribution is -2.15. The van der Waals surface area contributed by atoms with Crippen molar-refractivity contribution in [3.63, 3.8) is 0 Å². The summed E-state index contributed by atoms with van der Waals surface area (Å²) in [5.41, 5.74) is 19.6. The molecule has 9 aromatic carbocycles. The van der Waals surface area contributed by atoms with Crippen molar-refractivity contribution in [2.75, 3.05) is 0 Å². The Balaban J connectivity index is 1.03. The molecule has 0 radical (unpaired) electrons. The molecule has 1 aliphatic rings. The van der Waals surface area contributed by atoms with Crippen LogP contribution < -0.4 is 0 Å². The molecule has 10 aromatic rings. The fourth-order valence-corrected chi connectivity index (χ4v) is 9.26. The highest BCUT2D eigenvalue weighted by Gasteiger charge is 2.36. The van der Waals surface area contributed by atoms with E-state index in [-0.39, 0.29) is 5.41 Å². The monoisotopic (exact) mass is 778 g/mol. The Morgan fingerprint density at radius 2 is 0.787 bits per heavy atom. The van der Waals surface area contributed by atoms with Crippen molar-refractivity contribution in [2.24, 2.45) is 0 Å². The van der Waals surface area contributed by atoms with Crippen molar-refractivity contribution >= 4 is 10.8 Å². The number of rotatable bonds is 7. The van der Waals surface area contributed by atoms with E-state index in [1.807, 2.05) is 6.07 Å². The quantitative estimate of drug-likeness (QED) is 0.161. The van der Waals surface area contributed by atoms with Gasteiger partial charge in [0.1, 0.15) is 0 Å². The molecule has 0 saturated carbocycles. The zero-order chi connectivity index (χ0) is 40.9. The van der Waals surface area contributed by atoms with Gasteiger partial charge in [-0.05, 0) is 120 Å². The molecule has 0 spiro atoms. The van der Waals surface area contributed by atoms with Crippen LogP contribution in [0.4, 0.5) is 0 Å². The van der Waals surface area contributed by atoms with Crippen molar-refractivity contribution in [3.8, 4) is 89.5 Å². The van der Waals surface area contributed by atoms with Gasteiger partial charge >= 0.3 is 0 Å². The summed E-state index contributed by atoms with van der Waals surface area (Å²) >= 11 is 0. The van der Waals surface area contributed by atoms with Crippen LogP contribution in [0.1, 0.15) is 25.0 Å². The van der Waals surface area contributed by atoms with Gasteiger partial charge in [-0.1, -0.05) is 190 Å². The average molecular weight is 779 g/mol. The van der Waals surface area contributed by atoms with E-state index in [9.17, 15) is 0 Å². The van der Waals surface area contributed by atoms with E-state index in [4.69, 9.17) is 9.97 Å². The van der Waals surface area contributed by atoms with Gasteiger partial charge in [0.25, 0.3) is 0 Å². The third-order valence-electron chi connectivity index (χ3n) is 12.5. The molecule has 0 fully saturated rings. The Morgan fingerprint density at radius 1 is 0.279 bits per heavy atom. The summed E-state index contributed by atoms with van der Waals surface area (Å²) in [6.07, 6.45) is 0. The second-order valence-corrected chi connectivity index (χ2v) is 16.6.